The molecule has 2 amide bonds. The molecule has 3 aliphatic rings. The number of carboxylic acids is 2. The van der Waals surface area contributed by atoms with Gasteiger partial charge in [0, 0.05) is 5.92 Å². The van der Waals surface area contributed by atoms with E-state index in [9.17, 15) is 29.4 Å². The van der Waals surface area contributed by atoms with Crippen LogP contribution in [-0.4, -0.2) is 51.8 Å². The van der Waals surface area contributed by atoms with E-state index in [1.807, 2.05) is 0 Å². The number of fused-ring (bicyclic) bond motifs is 2. The molecule has 0 saturated heterocycles. The molecule has 0 aromatic carbocycles. The smallest absolute Gasteiger partial charge is 0.408 e. The fraction of sp³-hybridized carbons (Fsp3) is 0.765. The highest BCUT2D eigenvalue weighted by Crippen LogP contribution is 2.78. The SMILES string of the molecule is CC(C)(C)OC(=O)NCC(=O)N[C@@]1(C(=O)O)CC2(CC2)[C@@H]2C1[C@H]2C(=O)O. The second-order valence-corrected chi connectivity index (χ2v) is 8.63. The van der Waals surface area contributed by atoms with Gasteiger partial charge in [-0.3, -0.25) is 9.59 Å². The zero-order valence-corrected chi connectivity index (χ0v) is 15.0. The molecule has 26 heavy (non-hydrogen) atoms. The minimum absolute atomic E-state index is 0.199. The number of carboxylic acid groups (broad SMARTS) is 2. The molecule has 4 atom stereocenters. The van der Waals surface area contributed by atoms with Crippen LogP contribution in [0.5, 0.6) is 0 Å². The summed E-state index contributed by atoms with van der Waals surface area (Å²) in [4.78, 5) is 47.3. The molecule has 3 fully saturated rings. The summed E-state index contributed by atoms with van der Waals surface area (Å²) in [6, 6.07) is 0. The Balaban J connectivity index is 1.66. The Morgan fingerprint density at radius 3 is 2.19 bits per heavy atom. The number of amides is 2. The zero-order valence-electron chi connectivity index (χ0n) is 15.0. The Bertz CT molecular complexity index is 679. The Kier molecular flexibility index (Phi) is 3.97. The van der Waals surface area contributed by atoms with Crippen LogP contribution in [0.1, 0.15) is 40.0 Å². The zero-order chi connectivity index (χ0) is 19.5. The number of hydrogen-bond donors (Lipinski definition) is 4. The van der Waals surface area contributed by atoms with Crippen molar-refractivity contribution in [2.75, 3.05) is 6.54 Å². The van der Waals surface area contributed by atoms with Crippen molar-refractivity contribution in [1.82, 2.24) is 10.6 Å². The highest BCUT2D eigenvalue weighted by Gasteiger charge is 2.82. The standard InChI is InChI=1S/C17H24N2O7/c1-15(2,3)26-14(25)18-6-8(20)19-17(13(23)24)7-16(4-5-16)10-9(11(10)17)12(21)22/h9-11H,4-7H2,1-3H3,(H,18,25)(H,19,20)(H,21,22)(H,23,24)/t9-,10-,11?,17-/m0/s1. The van der Waals surface area contributed by atoms with Crippen LogP contribution >= 0.6 is 0 Å². The Labute approximate surface area is 150 Å². The number of carbonyl (C=O) groups excluding carboxylic acids is 2. The monoisotopic (exact) mass is 368 g/mol. The van der Waals surface area contributed by atoms with Gasteiger partial charge in [-0.25, -0.2) is 9.59 Å². The van der Waals surface area contributed by atoms with Gasteiger partial charge in [-0.2, -0.15) is 0 Å². The van der Waals surface area contributed by atoms with E-state index in [0.29, 0.717) is 0 Å². The minimum atomic E-state index is -1.59. The van der Waals surface area contributed by atoms with E-state index in [1.165, 1.54) is 0 Å². The predicted molar refractivity (Wildman–Crippen MR) is 87.1 cm³/mol. The van der Waals surface area contributed by atoms with Gasteiger partial charge in [0.2, 0.25) is 5.91 Å². The van der Waals surface area contributed by atoms with Crippen molar-refractivity contribution >= 4 is 23.9 Å². The van der Waals surface area contributed by atoms with Gasteiger partial charge in [-0.05, 0) is 51.4 Å². The predicted octanol–water partition coefficient (Wildman–Crippen LogP) is 0.581. The van der Waals surface area contributed by atoms with Crippen LogP contribution in [0, 0.1) is 23.2 Å². The number of nitrogens with one attached hydrogen (secondary N) is 2. The minimum Gasteiger partial charge on any atom is -0.481 e. The topological polar surface area (TPSA) is 142 Å². The number of hydrogen-bond acceptors (Lipinski definition) is 5. The first-order valence-electron chi connectivity index (χ1n) is 8.66. The summed E-state index contributed by atoms with van der Waals surface area (Å²) in [6.45, 7) is 4.60. The summed E-state index contributed by atoms with van der Waals surface area (Å²) in [5, 5.41) is 23.9. The normalized spacial score (nSPS) is 33.1. The molecular formula is C17H24N2O7. The van der Waals surface area contributed by atoms with Crippen LogP contribution in [0.25, 0.3) is 0 Å². The summed E-state index contributed by atoms with van der Waals surface area (Å²) in [7, 11) is 0. The molecule has 0 aromatic heterocycles. The molecule has 144 valence electrons. The first kappa shape index (κ1) is 18.5. The van der Waals surface area contributed by atoms with Crippen molar-refractivity contribution in [2.45, 2.75) is 51.2 Å². The summed E-state index contributed by atoms with van der Waals surface area (Å²) < 4.78 is 5.03. The molecule has 0 heterocycles. The molecule has 0 radical (unpaired) electrons. The van der Waals surface area contributed by atoms with E-state index in [4.69, 9.17) is 4.74 Å². The van der Waals surface area contributed by atoms with Crippen LogP contribution in [0.15, 0.2) is 0 Å². The van der Waals surface area contributed by atoms with Gasteiger partial charge in [0.1, 0.15) is 17.7 Å². The fourth-order valence-electron chi connectivity index (χ4n) is 4.61. The van der Waals surface area contributed by atoms with Gasteiger partial charge in [0.15, 0.2) is 0 Å². The van der Waals surface area contributed by atoms with Gasteiger partial charge in [-0.1, -0.05) is 0 Å². The van der Waals surface area contributed by atoms with Crippen molar-refractivity contribution < 1.29 is 34.1 Å². The van der Waals surface area contributed by atoms with Gasteiger partial charge in [0.05, 0.1) is 5.92 Å². The second-order valence-electron chi connectivity index (χ2n) is 8.63. The fourth-order valence-corrected chi connectivity index (χ4v) is 4.61. The van der Waals surface area contributed by atoms with Crippen molar-refractivity contribution in [1.29, 1.82) is 0 Å². The number of aliphatic carboxylic acids is 2. The molecule has 1 spiro atoms. The van der Waals surface area contributed by atoms with Crippen LogP contribution in [-0.2, 0) is 19.1 Å². The molecule has 0 bridgehead atoms. The van der Waals surface area contributed by atoms with Gasteiger partial charge in [-0.15, -0.1) is 0 Å². The van der Waals surface area contributed by atoms with Crippen LogP contribution in [0.3, 0.4) is 0 Å². The molecule has 9 heteroatoms. The lowest BCUT2D eigenvalue weighted by Gasteiger charge is -2.30. The van der Waals surface area contributed by atoms with E-state index in [-0.39, 0.29) is 17.8 Å². The van der Waals surface area contributed by atoms with Crippen molar-refractivity contribution in [3.05, 3.63) is 0 Å². The summed E-state index contributed by atoms with van der Waals surface area (Å²) in [5.74, 6) is -4.45. The van der Waals surface area contributed by atoms with Crippen LogP contribution in [0.2, 0.25) is 0 Å². The first-order valence-corrected chi connectivity index (χ1v) is 8.66. The quantitative estimate of drug-likeness (QED) is 0.556. The van der Waals surface area contributed by atoms with Crippen LogP contribution in [0.4, 0.5) is 4.79 Å². The van der Waals surface area contributed by atoms with E-state index < -0.39 is 53.5 Å². The number of ether oxygens (including phenoxy) is 1. The average molecular weight is 368 g/mol. The summed E-state index contributed by atoms with van der Waals surface area (Å²) in [5.41, 5.74) is -2.59. The number of alkyl carbamates (subject to hydrolysis) is 1. The van der Waals surface area contributed by atoms with E-state index in [0.717, 1.165) is 12.8 Å². The Morgan fingerprint density at radius 2 is 1.73 bits per heavy atom. The largest absolute Gasteiger partial charge is 0.481 e. The molecule has 3 rings (SSSR count). The Hall–Kier alpha value is -2.32. The second kappa shape index (κ2) is 5.59. The van der Waals surface area contributed by atoms with Crippen molar-refractivity contribution in [3.63, 3.8) is 0 Å². The third-order valence-corrected chi connectivity index (χ3v) is 5.64. The van der Waals surface area contributed by atoms with Gasteiger partial charge < -0.3 is 25.6 Å². The maximum Gasteiger partial charge on any atom is 0.408 e. The lowest BCUT2D eigenvalue weighted by molar-refractivity contribution is -0.150. The number of rotatable bonds is 5. The molecule has 3 aliphatic carbocycles. The third kappa shape index (κ3) is 2.99. The van der Waals surface area contributed by atoms with Gasteiger partial charge in [0.25, 0.3) is 0 Å². The summed E-state index contributed by atoms with van der Waals surface area (Å²) in [6.07, 6.45) is 1.04. The number of carbonyl (C=O) groups is 4. The van der Waals surface area contributed by atoms with Crippen molar-refractivity contribution in [2.24, 2.45) is 23.2 Å². The third-order valence-electron chi connectivity index (χ3n) is 5.64. The molecule has 1 unspecified atom stereocenters. The lowest BCUT2D eigenvalue weighted by Crippen LogP contribution is -2.58. The van der Waals surface area contributed by atoms with Gasteiger partial charge >= 0.3 is 18.0 Å². The average Bonchev–Trinajstić information content (AvgIpc) is 3.34. The molecule has 4 N–H and O–H groups in total. The van der Waals surface area contributed by atoms with Crippen LogP contribution < -0.4 is 10.6 Å². The maximum absolute atomic E-state index is 12.3. The molecule has 3 saturated carbocycles. The molecule has 0 aliphatic heterocycles. The first-order chi connectivity index (χ1) is 11.9. The lowest BCUT2D eigenvalue weighted by atomic mass is 9.85. The highest BCUT2D eigenvalue weighted by atomic mass is 16.6. The Morgan fingerprint density at radius 1 is 1.12 bits per heavy atom. The maximum atomic E-state index is 12.3. The van der Waals surface area contributed by atoms with E-state index >= 15 is 0 Å². The van der Waals surface area contributed by atoms with Crippen molar-refractivity contribution in [3.8, 4) is 0 Å². The van der Waals surface area contributed by atoms with E-state index in [1.54, 1.807) is 20.8 Å². The highest BCUT2D eigenvalue weighted by molar-refractivity contribution is 5.92. The molecule has 9 nitrogen and oxygen atoms in total. The van der Waals surface area contributed by atoms with E-state index in [2.05, 4.69) is 10.6 Å². The molecule has 0 aromatic rings. The molecular weight excluding hydrogens is 344 g/mol. The summed E-state index contributed by atoms with van der Waals surface area (Å²) >= 11 is 0.